The van der Waals surface area contributed by atoms with Gasteiger partial charge in [-0.2, -0.15) is 0 Å². The minimum atomic E-state index is -0.137. The van der Waals surface area contributed by atoms with Gasteiger partial charge in [0.1, 0.15) is 11.5 Å². The molecule has 0 fully saturated rings. The number of nitrogens with zero attached hydrogens (tertiary/aromatic N) is 2. The summed E-state index contributed by atoms with van der Waals surface area (Å²) >= 11 is 5.94. The minimum absolute atomic E-state index is 0.137. The van der Waals surface area contributed by atoms with Crippen molar-refractivity contribution in [3.05, 3.63) is 11.0 Å². The number of nitrogens with two attached hydrogens (primary N) is 1. The molecule has 3 N–H and O–H groups in total. The summed E-state index contributed by atoms with van der Waals surface area (Å²) in [5.74, 6) is 1.31. The van der Waals surface area contributed by atoms with E-state index < -0.39 is 0 Å². The molecule has 84 valence electrons. The fourth-order valence-electron chi connectivity index (χ4n) is 1.08. The van der Waals surface area contributed by atoms with Crippen molar-refractivity contribution < 1.29 is 0 Å². The van der Waals surface area contributed by atoms with Crippen LogP contribution in [0.15, 0.2) is 0 Å². The summed E-state index contributed by atoms with van der Waals surface area (Å²) in [6.45, 7) is 8.83. The predicted octanol–water partition coefficient (Wildman–Crippen LogP) is 2.44. The van der Waals surface area contributed by atoms with Gasteiger partial charge in [0.25, 0.3) is 0 Å². The molecular weight excluding hydrogens is 212 g/mol. The van der Waals surface area contributed by atoms with Crippen LogP contribution in [-0.4, -0.2) is 16.5 Å². The van der Waals surface area contributed by atoms with Gasteiger partial charge < -0.3 is 11.1 Å². The van der Waals surface area contributed by atoms with Crippen LogP contribution >= 0.6 is 11.6 Å². The summed E-state index contributed by atoms with van der Waals surface area (Å²) in [6.07, 6.45) is 0. The highest BCUT2D eigenvalue weighted by atomic mass is 35.5. The monoisotopic (exact) mass is 228 g/mol. The van der Waals surface area contributed by atoms with E-state index in [9.17, 15) is 0 Å². The number of halogens is 1. The van der Waals surface area contributed by atoms with Crippen molar-refractivity contribution in [1.29, 1.82) is 0 Å². The third kappa shape index (κ3) is 2.72. The van der Waals surface area contributed by atoms with Gasteiger partial charge in [-0.1, -0.05) is 32.4 Å². The zero-order valence-corrected chi connectivity index (χ0v) is 10.3. The van der Waals surface area contributed by atoms with Crippen LogP contribution in [0.2, 0.25) is 5.15 Å². The molecule has 1 rings (SSSR count). The molecule has 0 aliphatic carbocycles. The van der Waals surface area contributed by atoms with E-state index in [0.717, 1.165) is 6.54 Å². The normalized spacial score (nSPS) is 11.5. The van der Waals surface area contributed by atoms with Crippen LogP contribution < -0.4 is 11.1 Å². The fraction of sp³-hybridized carbons (Fsp3) is 0.600. The quantitative estimate of drug-likeness (QED) is 0.764. The Morgan fingerprint density at radius 1 is 1.33 bits per heavy atom. The zero-order chi connectivity index (χ0) is 11.6. The number of rotatable bonds is 2. The van der Waals surface area contributed by atoms with Gasteiger partial charge in [0.2, 0.25) is 0 Å². The number of nitrogen functional groups attached to an aromatic ring is 1. The maximum atomic E-state index is 5.94. The Hall–Kier alpha value is -1.03. The van der Waals surface area contributed by atoms with Crippen LogP contribution in [0.3, 0.4) is 0 Å². The van der Waals surface area contributed by atoms with E-state index in [4.69, 9.17) is 17.3 Å². The smallest absolute Gasteiger partial charge is 0.157 e. The standard InChI is InChI=1S/C10H17ClN4/c1-5-13-8-6(12)7(11)14-9(15-8)10(2,3)4/h5,12H2,1-4H3,(H,13,14,15). The summed E-state index contributed by atoms with van der Waals surface area (Å²) in [5.41, 5.74) is 6.03. The lowest BCUT2D eigenvalue weighted by molar-refractivity contribution is 0.546. The summed E-state index contributed by atoms with van der Waals surface area (Å²) in [5, 5.41) is 3.38. The first-order chi connectivity index (χ1) is 6.86. The van der Waals surface area contributed by atoms with Gasteiger partial charge >= 0.3 is 0 Å². The summed E-state index contributed by atoms with van der Waals surface area (Å²) in [4.78, 5) is 8.54. The third-order valence-electron chi connectivity index (χ3n) is 1.91. The Labute approximate surface area is 95.3 Å². The third-order valence-corrected chi connectivity index (χ3v) is 2.20. The van der Waals surface area contributed by atoms with Crippen molar-refractivity contribution in [3.8, 4) is 0 Å². The van der Waals surface area contributed by atoms with E-state index in [0.29, 0.717) is 22.5 Å². The second-order valence-corrected chi connectivity index (χ2v) is 4.74. The van der Waals surface area contributed by atoms with Crippen LogP contribution in [0.1, 0.15) is 33.5 Å². The van der Waals surface area contributed by atoms with E-state index in [1.54, 1.807) is 0 Å². The van der Waals surface area contributed by atoms with Crippen LogP contribution in [0, 0.1) is 0 Å². The molecule has 0 radical (unpaired) electrons. The molecule has 0 bridgehead atoms. The maximum Gasteiger partial charge on any atom is 0.157 e. The highest BCUT2D eigenvalue weighted by molar-refractivity contribution is 6.32. The van der Waals surface area contributed by atoms with Gasteiger partial charge in [-0.3, -0.25) is 0 Å². The molecule has 0 atom stereocenters. The Morgan fingerprint density at radius 3 is 2.40 bits per heavy atom. The highest BCUT2D eigenvalue weighted by Crippen LogP contribution is 2.28. The van der Waals surface area contributed by atoms with Gasteiger partial charge in [0.15, 0.2) is 11.0 Å². The van der Waals surface area contributed by atoms with Gasteiger partial charge in [-0.15, -0.1) is 0 Å². The molecule has 4 nitrogen and oxygen atoms in total. The number of hydrogen-bond donors (Lipinski definition) is 2. The first-order valence-electron chi connectivity index (χ1n) is 4.93. The first kappa shape index (κ1) is 12.0. The van der Waals surface area contributed by atoms with Crippen LogP contribution in [-0.2, 0) is 5.41 Å². The first-order valence-corrected chi connectivity index (χ1v) is 5.31. The predicted molar refractivity (Wildman–Crippen MR) is 64.3 cm³/mol. The maximum absolute atomic E-state index is 5.94. The molecule has 1 aromatic heterocycles. The largest absolute Gasteiger partial charge is 0.393 e. The molecule has 0 spiro atoms. The average molecular weight is 229 g/mol. The van der Waals surface area contributed by atoms with Crippen LogP contribution in [0.5, 0.6) is 0 Å². The Balaban J connectivity index is 3.23. The molecule has 1 aromatic rings. The fourth-order valence-corrected chi connectivity index (χ4v) is 1.25. The van der Waals surface area contributed by atoms with E-state index in [2.05, 4.69) is 15.3 Å². The van der Waals surface area contributed by atoms with E-state index in [-0.39, 0.29) is 5.41 Å². The van der Waals surface area contributed by atoms with E-state index >= 15 is 0 Å². The lowest BCUT2D eigenvalue weighted by atomic mass is 9.96. The SMILES string of the molecule is CCNc1nc(C(C)(C)C)nc(Cl)c1N. The molecule has 0 aliphatic heterocycles. The van der Waals surface area contributed by atoms with E-state index in [1.807, 2.05) is 27.7 Å². The molecule has 1 heterocycles. The molecular formula is C10H17ClN4. The van der Waals surface area contributed by atoms with Gasteiger partial charge in [0, 0.05) is 12.0 Å². The zero-order valence-electron chi connectivity index (χ0n) is 9.56. The van der Waals surface area contributed by atoms with Crippen molar-refractivity contribution in [2.45, 2.75) is 33.1 Å². The summed E-state index contributed by atoms with van der Waals surface area (Å²) in [7, 11) is 0. The van der Waals surface area contributed by atoms with Gasteiger partial charge in [-0.25, -0.2) is 9.97 Å². The highest BCUT2D eigenvalue weighted by Gasteiger charge is 2.20. The second kappa shape index (κ2) is 4.23. The molecule has 15 heavy (non-hydrogen) atoms. The Morgan fingerprint density at radius 2 is 1.93 bits per heavy atom. The molecule has 0 aliphatic rings. The molecule has 5 heteroatoms. The lowest BCUT2D eigenvalue weighted by Gasteiger charge is -2.18. The van der Waals surface area contributed by atoms with Gasteiger partial charge in [0.05, 0.1) is 0 Å². The molecule has 0 amide bonds. The van der Waals surface area contributed by atoms with Gasteiger partial charge in [-0.05, 0) is 6.92 Å². The Bertz CT molecular complexity index is 357. The summed E-state index contributed by atoms with van der Waals surface area (Å²) < 4.78 is 0. The Kier molecular flexibility index (Phi) is 3.39. The lowest BCUT2D eigenvalue weighted by Crippen LogP contribution is -2.18. The average Bonchev–Trinajstić information content (AvgIpc) is 2.11. The van der Waals surface area contributed by atoms with E-state index in [1.165, 1.54) is 0 Å². The second-order valence-electron chi connectivity index (χ2n) is 4.38. The molecule has 0 saturated heterocycles. The van der Waals surface area contributed by atoms with Crippen molar-refractivity contribution >= 4 is 23.1 Å². The number of nitrogens with one attached hydrogen (secondary N) is 1. The van der Waals surface area contributed by atoms with Crippen molar-refractivity contribution in [2.75, 3.05) is 17.6 Å². The molecule has 0 unspecified atom stereocenters. The molecule has 0 aromatic carbocycles. The minimum Gasteiger partial charge on any atom is -0.393 e. The topological polar surface area (TPSA) is 63.8 Å². The summed E-state index contributed by atoms with van der Waals surface area (Å²) in [6, 6.07) is 0. The number of aromatic nitrogens is 2. The van der Waals surface area contributed by atoms with Crippen molar-refractivity contribution in [1.82, 2.24) is 9.97 Å². The number of anilines is 2. The van der Waals surface area contributed by atoms with Crippen molar-refractivity contribution in [3.63, 3.8) is 0 Å². The van der Waals surface area contributed by atoms with Crippen molar-refractivity contribution in [2.24, 2.45) is 0 Å². The number of hydrogen-bond acceptors (Lipinski definition) is 4. The van der Waals surface area contributed by atoms with Crippen LogP contribution in [0.4, 0.5) is 11.5 Å². The van der Waals surface area contributed by atoms with Crippen LogP contribution in [0.25, 0.3) is 0 Å². The molecule has 0 saturated carbocycles.